The third kappa shape index (κ3) is 5.00. The lowest BCUT2D eigenvalue weighted by Gasteiger charge is -2.40. The van der Waals surface area contributed by atoms with Crippen LogP contribution < -0.4 is 5.32 Å². The van der Waals surface area contributed by atoms with Crippen molar-refractivity contribution in [3.63, 3.8) is 0 Å². The first-order chi connectivity index (χ1) is 20.0. The van der Waals surface area contributed by atoms with Gasteiger partial charge in [-0.25, -0.2) is 4.79 Å². The number of methoxy groups -OCH3 is 1. The van der Waals surface area contributed by atoms with Crippen LogP contribution in [0.4, 0.5) is 0 Å². The number of rotatable bonds is 8. The standard InChI is InChI=1S/C33H29N3O5/c1-40-33(39)27(18-22-19-34-26-15-8-7-12-23(22)26)35-31(37)29-24-13-5-6-14-25(24)32(38)36(20-21-10-3-2-4-11-21)30(29)28-16-9-17-41-28/h2-17,19,27,29-30,34H,18,20H2,1H3,(H,35,37)/t27-,29+,30-/m0/s1. The summed E-state index contributed by atoms with van der Waals surface area (Å²) in [5, 5.41) is 3.93. The fourth-order valence-electron chi connectivity index (χ4n) is 5.72. The zero-order valence-electron chi connectivity index (χ0n) is 22.4. The van der Waals surface area contributed by atoms with E-state index in [1.165, 1.54) is 13.4 Å². The highest BCUT2D eigenvalue weighted by Gasteiger charge is 2.46. The fraction of sp³-hybridized carbons (Fsp3) is 0.182. The quantitative estimate of drug-likeness (QED) is 0.262. The van der Waals surface area contributed by atoms with Gasteiger partial charge in [-0.2, -0.15) is 0 Å². The maximum absolute atomic E-state index is 14.3. The van der Waals surface area contributed by atoms with Crippen molar-refractivity contribution in [3.05, 3.63) is 131 Å². The van der Waals surface area contributed by atoms with Gasteiger partial charge in [-0.05, 0) is 41.0 Å². The molecule has 1 aliphatic heterocycles. The van der Waals surface area contributed by atoms with Gasteiger partial charge in [0.2, 0.25) is 5.91 Å². The first-order valence-electron chi connectivity index (χ1n) is 13.5. The monoisotopic (exact) mass is 547 g/mol. The molecule has 2 N–H and O–H groups in total. The van der Waals surface area contributed by atoms with Gasteiger partial charge in [-0.1, -0.05) is 66.7 Å². The Labute approximate surface area is 236 Å². The van der Waals surface area contributed by atoms with Gasteiger partial charge >= 0.3 is 5.97 Å². The predicted octanol–water partition coefficient (Wildman–Crippen LogP) is 5.14. The van der Waals surface area contributed by atoms with E-state index in [1.807, 2.05) is 66.9 Å². The molecule has 3 heterocycles. The molecule has 0 unspecified atom stereocenters. The molecule has 206 valence electrons. The number of furan rings is 1. The Hall–Kier alpha value is -5.11. The minimum Gasteiger partial charge on any atom is -0.467 e. The van der Waals surface area contributed by atoms with Crippen LogP contribution in [0.25, 0.3) is 10.9 Å². The summed E-state index contributed by atoms with van der Waals surface area (Å²) < 4.78 is 10.9. The summed E-state index contributed by atoms with van der Waals surface area (Å²) in [7, 11) is 1.30. The number of ether oxygens (including phenoxy) is 1. The number of hydrogen-bond donors (Lipinski definition) is 2. The predicted molar refractivity (Wildman–Crippen MR) is 153 cm³/mol. The van der Waals surface area contributed by atoms with E-state index in [4.69, 9.17) is 9.15 Å². The molecule has 0 saturated carbocycles. The number of hydrogen-bond acceptors (Lipinski definition) is 5. The Bertz CT molecular complexity index is 1690. The number of carbonyl (C=O) groups is 3. The summed E-state index contributed by atoms with van der Waals surface area (Å²) >= 11 is 0. The number of aromatic amines is 1. The summed E-state index contributed by atoms with van der Waals surface area (Å²) in [4.78, 5) is 46.0. The average Bonchev–Trinajstić information content (AvgIpc) is 3.69. The summed E-state index contributed by atoms with van der Waals surface area (Å²) in [6.45, 7) is 0.277. The topological polar surface area (TPSA) is 105 Å². The highest BCUT2D eigenvalue weighted by Crippen LogP contribution is 2.44. The van der Waals surface area contributed by atoms with Crippen LogP contribution in [-0.2, 0) is 27.3 Å². The Morgan fingerprint density at radius 2 is 1.73 bits per heavy atom. The lowest BCUT2D eigenvalue weighted by molar-refractivity contribution is -0.145. The second kappa shape index (κ2) is 11.2. The van der Waals surface area contributed by atoms with E-state index in [9.17, 15) is 14.4 Å². The van der Waals surface area contributed by atoms with Gasteiger partial charge < -0.3 is 24.4 Å². The molecule has 0 spiro atoms. The largest absolute Gasteiger partial charge is 0.467 e. The van der Waals surface area contributed by atoms with E-state index < -0.39 is 29.9 Å². The molecular weight excluding hydrogens is 518 g/mol. The number of esters is 1. The van der Waals surface area contributed by atoms with Crippen molar-refractivity contribution in [2.24, 2.45) is 0 Å². The summed E-state index contributed by atoms with van der Waals surface area (Å²) in [6.07, 6.45) is 3.60. The second-order valence-electron chi connectivity index (χ2n) is 10.1. The first-order valence-corrected chi connectivity index (χ1v) is 13.5. The van der Waals surface area contributed by atoms with E-state index in [1.54, 1.807) is 35.2 Å². The SMILES string of the molecule is COC(=O)[C@H](Cc1c[nH]c2ccccc12)NC(=O)[C@@H]1c2ccccc2C(=O)N(Cc2ccccc2)[C@H]1c1ccco1. The summed E-state index contributed by atoms with van der Waals surface area (Å²) in [5.74, 6) is -1.51. The van der Waals surface area contributed by atoms with Crippen molar-refractivity contribution >= 4 is 28.7 Å². The van der Waals surface area contributed by atoms with Crippen molar-refractivity contribution in [2.45, 2.75) is 31.0 Å². The lowest BCUT2D eigenvalue weighted by atomic mass is 9.80. The molecule has 0 aliphatic carbocycles. The number of benzene rings is 3. The minimum absolute atomic E-state index is 0.196. The van der Waals surface area contributed by atoms with E-state index in [-0.39, 0.29) is 18.9 Å². The zero-order valence-corrected chi connectivity index (χ0v) is 22.4. The van der Waals surface area contributed by atoms with E-state index in [0.717, 1.165) is 22.0 Å². The van der Waals surface area contributed by atoms with Crippen molar-refractivity contribution in [1.29, 1.82) is 0 Å². The lowest BCUT2D eigenvalue weighted by Crippen LogP contribution is -2.50. The zero-order chi connectivity index (χ0) is 28.3. The molecule has 1 aliphatic rings. The van der Waals surface area contributed by atoms with Gasteiger partial charge in [0.25, 0.3) is 5.91 Å². The smallest absolute Gasteiger partial charge is 0.328 e. The van der Waals surface area contributed by atoms with Crippen LogP contribution in [-0.4, -0.2) is 40.8 Å². The second-order valence-corrected chi connectivity index (χ2v) is 10.1. The molecule has 2 amide bonds. The van der Waals surface area contributed by atoms with E-state index >= 15 is 0 Å². The molecule has 3 atom stereocenters. The highest BCUT2D eigenvalue weighted by atomic mass is 16.5. The van der Waals surface area contributed by atoms with Crippen LogP contribution in [0.2, 0.25) is 0 Å². The number of nitrogens with zero attached hydrogens (tertiary/aromatic N) is 1. The molecule has 0 fully saturated rings. The number of aromatic nitrogens is 1. The van der Waals surface area contributed by atoms with E-state index in [0.29, 0.717) is 16.9 Å². The van der Waals surface area contributed by atoms with Gasteiger partial charge in [0.1, 0.15) is 17.8 Å². The number of nitrogens with one attached hydrogen (secondary N) is 2. The van der Waals surface area contributed by atoms with Gasteiger partial charge in [0, 0.05) is 35.6 Å². The van der Waals surface area contributed by atoms with Gasteiger partial charge in [-0.3, -0.25) is 9.59 Å². The van der Waals surface area contributed by atoms with Crippen LogP contribution in [0.1, 0.15) is 44.8 Å². The maximum atomic E-state index is 14.3. The van der Waals surface area contributed by atoms with Crippen LogP contribution in [0, 0.1) is 0 Å². The van der Waals surface area contributed by atoms with Gasteiger partial charge in [-0.15, -0.1) is 0 Å². The third-order valence-corrected chi connectivity index (χ3v) is 7.65. The molecule has 5 aromatic rings. The molecule has 0 radical (unpaired) electrons. The molecule has 0 bridgehead atoms. The van der Waals surface area contributed by atoms with Crippen molar-refractivity contribution in [3.8, 4) is 0 Å². The third-order valence-electron chi connectivity index (χ3n) is 7.65. The molecule has 2 aromatic heterocycles. The van der Waals surface area contributed by atoms with Gasteiger partial charge in [0.15, 0.2) is 0 Å². The Morgan fingerprint density at radius 1 is 0.976 bits per heavy atom. The molecule has 3 aromatic carbocycles. The summed E-state index contributed by atoms with van der Waals surface area (Å²) in [5.41, 5.74) is 3.76. The maximum Gasteiger partial charge on any atom is 0.328 e. The minimum atomic E-state index is -0.948. The van der Waals surface area contributed by atoms with Crippen LogP contribution in [0.15, 0.2) is 108 Å². The molecule has 8 heteroatoms. The van der Waals surface area contributed by atoms with E-state index in [2.05, 4.69) is 10.3 Å². The van der Waals surface area contributed by atoms with Crippen molar-refractivity contribution in [2.75, 3.05) is 7.11 Å². The molecule has 8 nitrogen and oxygen atoms in total. The number of para-hydroxylation sites is 1. The Balaban J connectivity index is 1.39. The normalized spacial score (nSPS) is 17.2. The number of fused-ring (bicyclic) bond motifs is 2. The van der Waals surface area contributed by atoms with Crippen LogP contribution >= 0.6 is 0 Å². The summed E-state index contributed by atoms with van der Waals surface area (Å²) in [6, 6.07) is 26.3. The molecular formula is C33H29N3O5. The molecule has 6 rings (SSSR count). The number of amides is 2. The Morgan fingerprint density at radius 3 is 2.51 bits per heavy atom. The number of H-pyrrole nitrogens is 1. The number of carbonyl (C=O) groups excluding carboxylic acids is 3. The van der Waals surface area contributed by atoms with Gasteiger partial charge in [0.05, 0.1) is 19.3 Å². The Kier molecular flexibility index (Phi) is 7.12. The van der Waals surface area contributed by atoms with Crippen molar-refractivity contribution < 1.29 is 23.5 Å². The highest BCUT2D eigenvalue weighted by molar-refractivity contribution is 6.02. The van der Waals surface area contributed by atoms with Crippen LogP contribution in [0.3, 0.4) is 0 Å². The molecule has 0 saturated heterocycles. The average molecular weight is 548 g/mol. The van der Waals surface area contributed by atoms with Crippen LogP contribution in [0.5, 0.6) is 0 Å². The van der Waals surface area contributed by atoms with Crippen molar-refractivity contribution in [1.82, 2.24) is 15.2 Å². The first kappa shape index (κ1) is 26.1. The fourth-order valence-corrected chi connectivity index (χ4v) is 5.72. The molecule has 41 heavy (non-hydrogen) atoms.